The van der Waals surface area contributed by atoms with Crippen LogP contribution in [0.1, 0.15) is 44.1 Å². The van der Waals surface area contributed by atoms with E-state index in [9.17, 15) is 4.79 Å². The van der Waals surface area contributed by atoms with Crippen LogP contribution < -0.4 is 4.74 Å². The number of aryl methyl sites for hydroxylation is 1. The molecule has 1 rings (SSSR count). The van der Waals surface area contributed by atoms with Gasteiger partial charge in [0.1, 0.15) is 12.4 Å². The Morgan fingerprint density at radius 3 is 1.96 bits per heavy atom. The first-order chi connectivity index (χ1) is 12.7. The van der Waals surface area contributed by atoms with Crippen LogP contribution in [0.2, 0.25) is 0 Å². The first-order valence-electron chi connectivity index (χ1n) is 8.42. The van der Waals surface area contributed by atoms with E-state index < -0.39 is 5.97 Å². The Balaban J connectivity index is 0.00000676. The number of ether oxygens (including phenoxy) is 1. The number of carboxylic acid groups (broad SMARTS) is 1. The second kappa shape index (κ2) is 17.2. The van der Waals surface area contributed by atoms with E-state index in [2.05, 4.69) is 47.4 Å². The second-order valence-corrected chi connectivity index (χ2v) is 5.29. The van der Waals surface area contributed by atoms with E-state index in [1.807, 2.05) is 31.2 Å². The third kappa shape index (κ3) is 15.7. The maximum absolute atomic E-state index is 10.3. The normalized spacial score (nSPS) is 8.04. The van der Waals surface area contributed by atoms with Crippen LogP contribution in [-0.2, 0) is 4.79 Å². The van der Waals surface area contributed by atoms with Crippen molar-refractivity contribution in [3.63, 3.8) is 0 Å². The summed E-state index contributed by atoms with van der Waals surface area (Å²) in [6.45, 7) is 2.39. The topological polar surface area (TPSA) is 46.5 Å². The Morgan fingerprint density at radius 2 is 1.41 bits per heavy atom. The fourth-order valence-corrected chi connectivity index (χ4v) is 1.73. The number of carboxylic acids is 1. The number of aliphatic carboxylic acids is 1. The van der Waals surface area contributed by atoms with Crippen LogP contribution in [0.25, 0.3) is 0 Å². The van der Waals surface area contributed by atoms with E-state index in [1.165, 1.54) is 5.56 Å². The zero-order chi connectivity index (χ0) is 18.9. The van der Waals surface area contributed by atoms with E-state index in [0.29, 0.717) is 38.7 Å². The summed E-state index contributed by atoms with van der Waals surface area (Å²) in [7, 11) is 0. The molecule has 0 aliphatic heterocycles. The van der Waals surface area contributed by atoms with Crippen LogP contribution in [0.15, 0.2) is 24.3 Å². The predicted octanol–water partition coefficient (Wildman–Crippen LogP) is 3.16. The molecule has 134 valence electrons. The Bertz CT molecular complexity index is 810. The third-order valence-corrected chi connectivity index (χ3v) is 3.05. The average molecular weight is 370 g/mol. The van der Waals surface area contributed by atoms with Crippen molar-refractivity contribution < 1.29 is 14.6 Å². The first-order valence-corrected chi connectivity index (χ1v) is 8.42. The minimum atomic E-state index is -0.784. The quantitative estimate of drug-likeness (QED) is 0.492. The van der Waals surface area contributed by atoms with Gasteiger partial charge in [-0.1, -0.05) is 59.1 Å². The van der Waals surface area contributed by atoms with Crippen molar-refractivity contribution in [1.29, 1.82) is 0 Å². The Labute approximate surface area is 184 Å². The van der Waals surface area contributed by atoms with Gasteiger partial charge in [-0.25, -0.2) is 0 Å². The van der Waals surface area contributed by atoms with Gasteiger partial charge in [0.25, 0.3) is 0 Å². The molecule has 1 aromatic rings. The van der Waals surface area contributed by atoms with Crippen molar-refractivity contribution in [3.8, 4) is 53.1 Å². The molecule has 0 aliphatic carbocycles. The molecule has 1 N–H and O–H groups in total. The molecule has 4 heteroatoms. The van der Waals surface area contributed by atoms with Gasteiger partial charge >= 0.3 is 35.5 Å². The van der Waals surface area contributed by atoms with Gasteiger partial charge in [0, 0.05) is 12.8 Å². The van der Waals surface area contributed by atoms with Crippen molar-refractivity contribution >= 4 is 35.5 Å². The second-order valence-electron chi connectivity index (χ2n) is 5.29. The van der Waals surface area contributed by atoms with E-state index in [1.54, 1.807) is 0 Å². The van der Waals surface area contributed by atoms with Crippen LogP contribution in [0.5, 0.6) is 5.75 Å². The molecule has 1 aromatic carbocycles. The molecule has 0 heterocycles. The van der Waals surface area contributed by atoms with Gasteiger partial charge < -0.3 is 9.84 Å². The van der Waals surface area contributed by atoms with Gasteiger partial charge in [0.05, 0.1) is 19.3 Å². The van der Waals surface area contributed by atoms with Crippen LogP contribution in [0.3, 0.4) is 0 Å². The van der Waals surface area contributed by atoms with Crippen molar-refractivity contribution in [2.75, 3.05) is 6.61 Å². The van der Waals surface area contributed by atoms with Crippen molar-refractivity contribution in [2.24, 2.45) is 0 Å². The predicted molar refractivity (Wildman–Crippen MR) is 110 cm³/mol. The molecule has 0 bridgehead atoms. The summed E-state index contributed by atoms with van der Waals surface area (Å²) in [4.78, 5) is 10.3. The van der Waals surface area contributed by atoms with Gasteiger partial charge in [-0.05, 0) is 25.5 Å². The summed E-state index contributed by atoms with van der Waals surface area (Å²) in [6.07, 6.45) is 2.84. The molecule has 0 amide bonds. The van der Waals surface area contributed by atoms with Crippen LogP contribution in [0.4, 0.5) is 0 Å². The summed E-state index contributed by atoms with van der Waals surface area (Å²) in [6, 6.07) is 7.85. The number of benzene rings is 1. The van der Waals surface area contributed by atoms with E-state index >= 15 is 0 Å². The summed E-state index contributed by atoms with van der Waals surface area (Å²) in [5.74, 6) is 23.4. The molecule has 0 unspecified atom stereocenters. The molecular formula is C23H23NaO3. The third-order valence-electron chi connectivity index (χ3n) is 3.05. The van der Waals surface area contributed by atoms with Gasteiger partial charge in [0.2, 0.25) is 0 Å². The molecule has 0 atom stereocenters. The Morgan fingerprint density at radius 1 is 0.889 bits per heavy atom. The fourth-order valence-electron chi connectivity index (χ4n) is 1.73. The number of rotatable bonds is 5. The van der Waals surface area contributed by atoms with Crippen LogP contribution in [0, 0.1) is 54.3 Å². The number of unbranched alkanes of at least 4 members (excludes halogenated alkanes) is 1. The molecule has 0 saturated carbocycles. The molecule has 0 aliphatic rings. The Hall–Kier alpha value is -2.27. The van der Waals surface area contributed by atoms with Crippen molar-refractivity contribution in [2.45, 2.75) is 45.4 Å². The molecular weight excluding hydrogens is 347 g/mol. The summed E-state index contributed by atoms with van der Waals surface area (Å²) < 4.78 is 5.49. The molecule has 0 fully saturated rings. The van der Waals surface area contributed by atoms with E-state index in [0.717, 1.165) is 5.75 Å². The number of carbonyl (C=O) groups is 1. The molecule has 0 spiro atoms. The molecule has 0 aromatic heterocycles. The number of hydrogen-bond acceptors (Lipinski definition) is 2. The van der Waals surface area contributed by atoms with Gasteiger partial charge in [0.15, 0.2) is 0 Å². The maximum atomic E-state index is 10.3. The average Bonchev–Trinajstić information content (AvgIpc) is 2.62. The fraction of sp³-hybridized carbons (Fsp3) is 0.348. The SMILES string of the molecule is Cc1ccc(OCC#CCC#CCC#CCC#CCCCC(=O)O)cc1.[NaH]. The minimum absolute atomic E-state index is 0. The summed E-state index contributed by atoms with van der Waals surface area (Å²) >= 11 is 0. The van der Waals surface area contributed by atoms with Gasteiger partial charge in [-0.3, -0.25) is 4.79 Å². The molecule has 27 heavy (non-hydrogen) atoms. The Kier molecular flexibility index (Phi) is 15.7. The standard InChI is InChI=1S/C23H22O3.Na.H/c1-21-16-18-22(19-17-21)26-20-14-12-10-8-6-4-2-3-5-7-9-11-13-15-23(24)25;;/h16-19H,4-5,10-11,13,15,20H2,1H3,(H,24,25);;. The van der Waals surface area contributed by atoms with Crippen molar-refractivity contribution in [1.82, 2.24) is 0 Å². The summed E-state index contributed by atoms with van der Waals surface area (Å²) in [5, 5.41) is 8.47. The zero-order valence-corrected chi connectivity index (χ0v) is 15.0. The molecule has 0 saturated heterocycles. The molecule has 3 nitrogen and oxygen atoms in total. The zero-order valence-electron chi connectivity index (χ0n) is 15.0. The number of hydrogen-bond donors (Lipinski definition) is 1. The summed E-state index contributed by atoms with van der Waals surface area (Å²) in [5.41, 5.74) is 1.20. The van der Waals surface area contributed by atoms with Crippen LogP contribution >= 0.6 is 0 Å². The van der Waals surface area contributed by atoms with E-state index in [4.69, 9.17) is 9.84 Å². The first kappa shape index (κ1) is 24.7. The molecule has 0 radical (unpaired) electrons. The van der Waals surface area contributed by atoms with Crippen molar-refractivity contribution in [3.05, 3.63) is 29.8 Å². The van der Waals surface area contributed by atoms with Crippen LogP contribution in [-0.4, -0.2) is 47.2 Å². The van der Waals surface area contributed by atoms with E-state index in [-0.39, 0.29) is 36.0 Å². The van der Waals surface area contributed by atoms with Gasteiger partial charge in [-0.2, -0.15) is 0 Å². The monoisotopic (exact) mass is 370 g/mol. The van der Waals surface area contributed by atoms with Gasteiger partial charge in [-0.15, -0.1) is 5.92 Å².